The number of hydrogen-bond donors (Lipinski definition) is 3. The number of hydrogen-bond acceptors (Lipinski definition) is 3. The molecule has 1 atom stereocenters. The Balaban J connectivity index is 2.48. The Morgan fingerprint density at radius 3 is 2.36 bits per heavy atom. The number of aromatic hydroxyl groups is 2. The Hall–Kier alpha value is -1.74. The fourth-order valence-electron chi connectivity index (χ4n) is 2.90. The highest BCUT2D eigenvalue weighted by molar-refractivity contribution is 5.45. The molecule has 0 spiro atoms. The van der Waals surface area contributed by atoms with Gasteiger partial charge in [0, 0.05) is 5.56 Å². The molecule has 0 aliphatic carbocycles. The van der Waals surface area contributed by atoms with Crippen LogP contribution in [0.1, 0.15) is 64.5 Å². The average Bonchev–Trinajstić information content (AvgIpc) is 2.48. The molecule has 3 nitrogen and oxygen atoms in total. The zero-order valence-electron chi connectivity index (χ0n) is 16.3. The lowest BCUT2D eigenvalue weighted by molar-refractivity contribution is 0.149. The highest BCUT2D eigenvalue weighted by Crippen LogP contribution is 2.27. The highest BCUT2D eigenvalue weighted by atomic mass is 16.3. The molecule has 0 heterocycles. The van der Waals surface area contributed by atoms with E-state index < -0.39 is 0 Å². The second-order valence-electron chi connectivity index (χ2n) is 7.60. The molecule has 0 amide bonds. The van der Waals surface area contributed by atoms with Gasteiger partial charge in [-0.05, 0) is 76.5 Å². The molecule has 0 bridgehead atoms. The monoisotopic (exact) mass is 346 g/mol. The summed E-state index contributed by atoms with van der Waals surface area (Å²) in [5.74, 6) is 0.970. The summed E-state index contributed by atoms with van der Waals surface area (Å²) in [6, 6.07) is 3.23. The molecule has 0 saturated carbocycles. The Kier molecular flexibility index (Phi) is 8.77. The quantitative estimate of drug-likeness (QED) is 0.413. The maximum Gasteiger partial charge on any atom is 0.119 e. The van der Waals surface area contributed by atoms with Crippen molar-refractivity contribution in [1.82, 2.24) is 0 Å². The van der Waals surface area contributed by atoms with Crippen molar-refractivity contribution >= 4 is 0 Å². The maximum atomic E-state index is 9.98. The summed E-state index contributed by atoms with van der Waals surface area (Å²) in [5, 5.41) is 29.7. The van der Waals surface area contributed by atoms with E-state index in [9.17, 15) is 15.3 Å². The van der Waals surface area contributed by atoms with Crippen LogP contribution in [0.3, 0.4) is 0 Å². The van der Waals surface area contributed by atoms with Crippen LogP contribution < -0.4 is 0 Å². The third kappa shape index (κ3) is 8.26. The van der Waals surface area contributed by atoms with Crippen molar-refractivity contribution in [3.63, 3.8) is 0 Å². The molecular formula is C22H34O3. The van der Waals surface area contributed by atoms with Gasteiger partial charge in [0.25, 0.3) is 0 Å². The molecule has 3 N–H and O–H groups in total. The molecule has 0 aromatic heterocycles. The van der Waals surface area contributed by atoms with E-state index in [1.165, 1.54) is 11.1 Å². The first-order valence-electron chi connectivity index (χ1n) is 9.19. The second-order valence-corrected chi connectivity index (χ2v) is 7.60. The van der Waals surface area contributed by atoms with Gasteiger partial charge in [0.1, 0.15) is 11.5 Å². The van der Waals surface area contributed by atoms with Gasteiger partial charge >= 0.3 is 0 Å². The first kappa shape index (κ1) is 21.3. The fourth-order valence-corrected chi connectivity index (χ4v) is 2.90. The first-order valence-corrected chi connectivity index (χ1v) is 9.19. The molecular weight excluding hydrogens is 312 g/mol. The minimum Gasteiger partial charge on any atom is -0.508 e. The normalized spacial score (nSPS) is 14.2. The van der Waals surface area contributed by atoms with Crippen LogP contribution in [0.25, 0.3) is 0 Å². The molecule has 0 aliphatic rings. The van der Waals surface area contributed by atoms with Crippen LogP contribution in [0.5, 0.6) is 11.5 Å². The molecule has 25 heavy (non-hydrogen) atoms. The van der Waals surface area contributed by atoms with E-state index in [4.69, 9.17) is 0 Å². The molecule has 0 unspecified atom stereocenters. The Morgan fingerprint density at radius 2 is 1.72 bits per heavy atom. The molecule has 1 rings (SSSR count). The van der Waals surface area contributed by atoms with Crippen LogP contribution in [-0.4, -0.2) is 21.4 Å². The van der Waals surface area contributed by atoms with Gasteiger partial charge in [-0.15, -0.1) is 0 Å². The van der Waals surface area contributed by atoms with E-state index >= 15 is 0 Å². The van der Waals surface area contributed by atoms with Crippen LogP contribution in [0.15, 0.2) is 35.4 Å². The number of phenolic OH excluding ortho intramolecular Hbond substituents is 2. The van der Waals surface area contributed by atoms with Gasteiger partial charge in [-0.25, -0.2) is 0 Å². The molecule has 0 fully saturated rings. The fraction of sp³-hybridized carbons (Fsp3) is 0.545. The molecule has 0 radical (unpaired) electrons. The van der Waals surface area contributed by atoms with Crippen molar-refractivity contribution in [3.05, 3.63) is 46.6 Å². The molecule has 140 valence electrons. The number of rotatable bonds is 9. The largest absolute Gasteiger partial charge is 0.508 e. The van der Waals surface area contributed by atoms with Crippen molar-refractivity contribution in [2.45, 2.75) is 72.8 Å². The van der Waals surface area contributed by atoms with Gasteiger partial charge in [-0.3, -0.25) is 0 Å². The third-order valence-electron chi connectivity index (χ3n) is 4.40. The Labute approximate surface area is 152 Å². The van der Waals surface area contributed by atoms with Gasteiger partial charge < -0.3 is 15.3 Å². The Bertz CT molecular complexity index is 612. The molecule has 0 saturated heterocycles. The van der Waals surface area contributed by atoms with Crippen molar-refractivity contribution in [2.24, 2.45) is 5.92 Å². The van der Waals surface area contributed by atoms with Crippen molar-refractivity contribution in [2.75, 3.05) is 0 Å². The van der Waals surface area contributed by atoms with Gasteiger partial charge in [-0.2, -0.15) is 0 Å². The molecule has 1 aromatic rings. The molecule has 3 heteroatoms. The lowest BCUT2D eigenvalue weighted by atomic mass is 9.99. The van der Waals surface area contributed by atoms with Crippen molar-refractivity contribution < 1.29 is 15.3 Å². The number of aryl methyl sites for hydroxylation is 1. The number of phenols is 2. The zero-order valence-corrected chi connectivity index (χ0v) is 16.3. The summed E-state index contributed by atoms with van der Waals surface area (Å²) in [6.45, 7) is 10.2. The number of benzene rings is 1. The summed E-state index contributed by atoms with van der Waals surface area (Å²) >= 11 is 0. The SMILES string of the molecule is C/C(=C\Cc1cc(O)c(C)cc1O)CC/C=C(\C)C[C@@H](O)CC(C)C. The molecule has 0 aliphatic heterocycles. The summed E-state index contributed by atoms with van der Waals surface area (Å²) in [6.07, 6.45) is 8.17. The van der Waals surface area contributed by atoms with E-state index in [1.807, 2.05) is 0 Å². The third-order valence-corrected chi connectivity index (χ3v) is 4.40. The van der Waals surface area contributed by atoms with Crippen LogP contribution >= 0.6 is 0 Å². The van der Waals surface area contributed by atoms with Gasteiger partial charge in [-0.1, -0.05) is 37.1 Å². The predicted octanol–water partition coefficient (Wildman–Crippen LogP) is 5.42. The standard InChI is InChI=1S/C22H34O3/c1-15(2)11-20(23)12-17(4)8-6-7-16(3)9-10-19-14-21(24)18(5)13-22(19)25/h8-9,13-15,20,23-25H,6-7,10-12H2,1-5H3/b16-9+,17-8+/t20-/m0/s1. The van der Waals surface area contributed by atoms with E-state index in [-0.39, 0.29) is 17.6 Å². The maximum absolute atomic E-state index is 9.98. The van der Waals surface area contributed by atoms with Gasteiger partial charge in [0.05, 0.1) is 6.10 Å². The summed E-state index contributed by atoms with van der Waals surface area (Å²) < 4.78 is 0. The predicted molar refractivity (Wildman–Crippen MR) is 105 cm³/mol. The minimum atomic E-state index is -0.245. The summed E-state index contributed by atoms with van der Waals surface area (Å²) in [5.41, 5.74) is 3.92. The minimum absolute atomic E-state index is 0.220. The van der Waals surface area contributed by atoms with E-state index in [1.54, 1.807) is 19.1 Å². The summed E-state index contributed by atoms with van der Waals surface area (Å²) in [7, 11) is 0. The van der Waals surface area contributed by atoms with E-state index in [0.29, 0.717) is 17.9 Å². The smallest absolute Gasteiger partial charge is 0.119 e. The van der Waals surface area contributed by atoms with Crippen molar-refractivity contribution in [3.8, 4) is 11.5 Å². The molecule has 1 aromatic carbocycles. The Morgan fingerprint density at radius 1 is 1.04 bits per heavy atom. The number of aliphatic hydroxyl groups is 1. The number of aliphatic hydroxyl groups excluding tert-OH is 1. The van der Waals surface area contributed by atoms with Crippen LogP contribution in [0.2, 0.25) is 0 Å². The summed E-state index contributed by atoms with van der Waals surface area (Å²) in [4.78, 5) is 0. The van der Waals surface area contributed by atoms with Crippen LogP contribution in [0.4, 0.5) is 0 Å². The lowest BCUT2D eigenvalue weighted by Crippen LogP contribution is -2.10. The second kappa shape index (κ2) is 10.3. The highest BCUT2D eigenvalue weighted by Gasteiger charge is 2.07. The van der Waals surface area contributed by atoms with Gasteiger partial charge in [0.15, 0.2) is 0 Å². The average molecular weight is 347 g/mol. The van der Waals surface area contributed by atoms with Crippen molar-refractivity contribution in [1.29, 1.82) is 0 Å². The van der Waals surface area contributed by atoms with E-state index in [0.717, 1.165) is 31.2 Å². The van der Waals surface area contributed by atoms with Gasteiger partial charge in [0.2, 0.25) is 0 Å². The zero-order chi connectivity index (χ0) is 19.0. The van der Waals surface area contributed by atoms with Crippen LogP contribution in [0, 0.1) is 12.8 Å². The topological polar surface area (TPSA) is 60.7 Å². The number of allylic oxidation sites excluding steroid dienone is 3. The van der Waals surface area contributed by atoms with Crippen LogP contribution in [-0.2, 0) is 6.42 Å². The first-order chi connectivity index (χ1) is 11.7. The van der Waals surface area contributed by atoms with E-state index in [2.05, 4.69) is 39.8 Å². The lowest BCUT2D eigenvalue weighted by Gasteiger charge is -2.13.